The molecule has 2 aromatic rings. The molecule has 138 valence electrons. The van der Waals surface area contributed by atoms with Gasteiger partial charge < -0.3 is 20.0 Å². The molecule has 0 spiro atoms. The fraction of sp³-hybridized carbons (Fsp3) is 0.250. The molecule has 7 heteroatoms. The fourth-order valence-electron chi connectivity index (χ4n) is 4.09. The molecular weight excluding hydrogens is 348 g/mol. The van der Waals surface area contributed by atoms with Gasteiger partial charge in [-0.25, -0.2) is 0 Å². The summed E-state index contributed by atoms with van der Waals surface area (Å²) in [7, 11) is 1.41. The summed E-state index contributed by atoms with van der Waals surface area (Å²) in [5, 5.41) is 26.0. The van der Waals surface area contributed by atoms with E-state index in [2.05, 4.69) is 17.5 Å². The number of carbonyl (C=O) groups excluding carboxylic acids is 1. The van der Waals surface area contributed by atoms with E-state index in [0.717, 1.165) is 23.2 Å². The van der Waals surface area contributed by atoms with E-state index >= 15 is 0 Å². The summed E-state index contributed by atoms with van der Waals surface area (Å²) in [6.07, 6.45) is 4.95. The third-order valence-electron chi connectivity index (χ3n) is 5.36. The number of nitro groups is 1. The van der Waals surface area contributed by atoms with Crippen molar-refractivity contribution in [2.75, 3.05) is 12.4 Å². The number of nitrogens with zero attached hydrogens (tertiary/aromatic N) is 1. The molecule has 4 rings (SSSR count). The van der Waals surface area contributed by atoms with Crippen LogP contribution >= 0.6 is 0 Å². The van der Waals surface area contributed by atoms with E-state index in [1.165, 1.54) is 13.2 Å². The molecule has 3 atom stereocenters. The zero-order valence-electron chi connectivity index (χ0n) is 14.5. The van der Waals surface area contributed by atoms with Crippen LogP contribution in [0.3, 0.4) is 0 Å². The Morgan fingerprint density at radius 2 is 2.07 bits per heavy atom. The highest BCUT2D eigenvalue weighted by molar-refractivity contribution is 5.87. The number of aromatic carboxylic acids is 1. The van der Waals surface area contributed by atoms with Crippen molar-refractivity contribution in [3.63, 3.8) is 0 Å². The largest absolute Gasteiger partial charge is 0.545 e. The summed E-state index contributed by atoms with van der Waals surface area (Å²) >= 11 is 0. The second-order valence-corrected chi connectivity index (χ2v) is 6.75. The van der Waals surface area contributed by atoms with Gasteiger partial charge in [0.1, 0.15) is 0 Å². The van der Waals surface area contributed by atoms with Crippen LogP contribution in [-0.2, 0) is 0 Å². The van der Waals surface area contributed by atoms with E-state index in [9.17, 15) is 20.0 Å². The van der Waals surface area contributed by atoms with E-state index in [-0.39, 0.29) is 34.9 Å². The standard InChI is InChI=1S/C20H18N2O5/c1-27-18-8-6-11(10-17(18)22(25)26)19-14-4-2-3-13(14)15-9-12(20(23)24)5-7-16(15)21-19/h2-3,5-10,13-14,19,21H,4H2,1H3,(H,23,24)/p-1/t13-,14-,19+/m1/s1. The minimum Gasteiger partial charge on any atom is -0.545 e. The first-order valence-electron chi connectivity index (χ1n) is 8.60. The van der Waals surface area contributed by atoms with Gasteiger partial charge >= 0.3 is 5.69 Å². The maximum Gasteiger partial charge on any atom is 0.311 e. The molecule has 7 nitrogen and oxygen atoms in total. The zero-order chi connectivity index (χ0) is 19.1. The molecule has 1 aliphatic heterocycles. The van der Waals surface area contributed by atoms with Gasteiger partial charge in [0.05, 0.1) is 24.0 Å². The molecule has 27 heavy (non-hydrogen) atoms. The van der Waals surface area contributed by atoms with Gasteiger partial charge in [-0.05, 0) is 47.2 Å². The molecule has 0 unspecified atom stereocenters. The topological polar surface area (TPSA) is 105 Å². The molecule has 0 fully saturated rings. The highest BCUT2D eigenvalue weighted by Gasteiger charge is 2.38. The SMILES string of the molecule is COc1ccc([C@@H]2Nc3ccc(C(=O)[O-])cc3[C@@H]3C=CC[C@H]32)cc1[N+](=O)[O-]. The van der Waals surface area contributed by atoms with Crippen LogP contribution in [0, 0.1) is 16.0 Å². The van der Waals surface area contributed by atoms with Crippen LogP contribution < -0.4 is 15.2 Å². The maximum atomic E-state index is 11.4. The molecule has 0 aromatic heterocycles. The summed E-state index contributed by atoms with van der Waals surface area (Å²) in [5.41, 5.74) is 2.62. The van der Waals surface area contributed by atoms with Crippen molar-refractivity contribution in [2.24, 2.45) is 5.92 Å². The quantitative estimate of drug-likeness (QED) is 0.507. The van der Waals surface area contributed by atoms with E-state index in [4.69, 9.17) is 4.74 Å². The number of rotatable bonds is 4. The second kappa shape index (κ2) is 6.42. The first-order chi connectivity index (χ1) is 13.0. The van der Waals surface area contributed by atoms with Crippen molar-refractivity contribution in [1.29, 1.82) is 0 Å². The number of methoxy groups -OCH3 is 1. The molecule has 2 aromatic carbocycles. The molecule has 1 N–H and O–H groups in total. The number of hydrogen-bond donors (Lipinski definition) is 1. The number of nitrogens with one attached hydrogen (secondary N) is 1. The average molecular weight is 365 g/mol. The van der Waals surface area contributed by atoms with Crippen molar-refractivity contribution in [1.82, 2.24) is 0 Å². The number of carboxylic acids is 1. The van der Waals surface area contributed by atoms with Gasteiger partial charge in [-0.1, -0.05) is 24.3 Å². The minimum absolute atomic E-state index is 0.0479. The molecular formula is C20H17N2O5-. The van der Waals surface area contributed by atoms with Gasteiger partial charge in [-0.15, -0.1) is 0 Å². The van der Waals surface area contributed by atoms with Gasteiger partial charge in [0, 0.05) is 17.7 Å². The molecule has 1 aliphatic carbocycles. The summed E-state index contributed by atoms with van der Waals surface area (Å²) < 4.78 is 5.09. The number of fused-ring (bicyclic) bond motifs is 3. The maximum absolute atomic E-state index is 11.4. The van der Waals surface area contributed by atoms with Crippen molar-refractivity contribution in [3.05, 3.63) is 75.4 Å². The Bertz CT molecular complexity index is 969. The summed E-state index contributed by atoms with van der Waals surface area (Å²) in [4.78, 5) is 22.1. The van der Waals surface area contributed by atoms with Crippen molar-refractivity contribution >= 4 is 17.3 Å². The van der Waals surface area contributed by atoms with Gasteiger partial charge in [-0.3, -0.25) is 10.1 Å². The first-order valence-corrected chi connectivity index (χ1v) is 8.60. The van der Waals surface area contributed by atoms with E-state index in [1.807, 2.05) is 6.07 Å². The third kappa shape index (κ3) is 2.81. The van der Waals surface area contributed by atoms with Crippen LogP contribution in [0.15, 0.2) is 48.6 Å². The Morgan fingerprint density at radius 3 is 2.78 bits per heavy atom. The normalized spacial score (nSPS) is 22.5. The van der Waals surface area contributed by atoms with Gasteiger partial charge in [0.15, 0.2) is 5.75 Å². The van der Waals surface area contributed by atoms with Crippen LogP contribution in [0.5, 0.6) is 5.75 Å². The van der Waals surface area contributed by atoms with Gasteiger partial charge in [-0.2, -0.15) is 0 Å². The fourth-order valence-corrected chi connectivity index (χ4v) is 4.09. The highest BCUT2D eigenvalue weighted by atomic mass is 16.6. The Morgan fingerprint density at radius 1 is 1.26 bits per heavy atom. The van der Waals surface area contributed by atoms with Crippen LogP contribution in [0.4, 0.5) is 11.4 Å². The number of hydrogen-bond acceptors (Lipinski definition) is 6. The zero-order valence-corrected chi connectivity index (χ0v) is 14.5. The van der Waals surface area contributed by atoms with E-state index in [0.29, 0.717) is 0 Å². The van der Waals surface area contributed by atoms with Gasteiger partial charge in [0.25, 0.3) is 0 Å². The minimum atomic E-state index is -1.20. The Hall–Kier alpha value is -3.35. The lowest BCUT2D eigenvalue weighted by atomic mass is 9.76. The third-order valence-corrected chi connectivity index (χ3v) is 5.36. The molecule has 0 bridgehead atoms. The summed E-state index contributed by atoms with van der Waals surface area (Å²) in [6.45, 7) is 0. The van der Waals surface area contributed by atoms with Crippen molar-refractivity contribution < 1.29 is 19.6 Å². The highest BCUT2D eigenvalue weighted by Crippen LogP contribution is 2.50. The molecule has 0 saturated carbocycles. The van der Waals surface area contributed by atoms with E-state index in [1.54, 1.807) is 24.3 Å². The average Bonchev–Trinajstić information content (AvgIpc) is 3.16. The number of nitro benzene ring substituents is 1. The summed E-state index contributed by atoms with van der Waals surface area (Å²) in [6, 6.07) is 9.75. The Kier molecular flexibility index (Phi) is 4.07. The first kappa shape index (κ1) is 17.1. The number of allylic oxidation sites excluding steroid dienone is 2. The number of carboxylic acid groups (broad SMARTS) is 1. The van der Waals surface area contributed by atoms with Crippen molar-refractivity contribution in [2.45, 2.75) is 18.4 Å². The van der Waals surface area contributed by atoms with Crippen LogP contribution in [-0.4, -0.2) is 18.0 Å². The predicted octanol–water partition coefficient (Wildman–Crippen LogP) is 2.79. The smallest absolute Gasteiger partial charge is 0.311 e. The lowest BCUT2D eigenvalue weighted by molar-refractivity contribution is -0.385. The molecule has 2 aliphatic rings. The lowest BCUT2D eigenvalue weighted by Gasteiger charge is -2.37. The van der Waals surface area contributed by atoms with Gasteiger partial charge in [0.2, 0.25) is 0 Å². The molecule has 0 radical (unpaired) electrons. The molecule has 0 amide bonds. The molecule has 1 heterocycles. The summed E-state index contributed by atoms with van der Waals surface area (Å²) in [5.74, 6) is -0.793. The number of carbonyl (C=O) groups is 1. The number of benzene rings is 2. The molecule has 0 saturated heterocycles. The Labute approximate surface area is 155 Å². The number of ether oxygens (including phenoxy) is 1. The number of anilines is 1. The van der Waals surface area contributed by atoms with Crippen LogP contribution in [0.25, 0.3) is 0 Å². The Balaban J connectivity index is 1.77. The van der Waals surface area contributed by atoms with Crippen molar-refractivity contribution in [3.8, 4) is 5.75 Å². The predicted molar refractivity (Wildman–Crippen MR) is 96.8 cm³/mol. The second-order valence-electron chi connectivity index (χ2n) is 6.75. The van der Waals surface area contributed by atoms with Crippen LogP contribution in [0.1, 0.15) is 39.9 Å². The van der Waals surface area contributed by atoms with Crippen LogP contribution in [0.2, 0.25) is 0 Å². The van der Waals surface area contributed by atoms with E-state index < -0.39 is 10.9 Å². The lowest BCUT2D eigenvalue weighted by Crippen LogP contribution is -2.30. The monoisotopic (exact) mass is 365 g/mol.